The molecule has 0 bridgehead atoms. The molecule has 0 aromatic heterocycles. The van der Waals surface area contributed by atoms with Crippen molar-refractivity contribution in [3.63, 3.8) is 0 Å². The molecule has 1 fully saturated rings. The Balaban J connectivity index is 1.45. The third kappa shape index (κ3) is 5.60. The molecule has 0 unspecified atom stereocenters. The normalized spacial score (nSPS) is 13.7. The second kappa shape index (κ2) is 10.9. The zero-order valence-corrected chi connectivity index (χ0v) is 19.5. The Morgan fingerprint density at radius 2 is 1.67 bits per heavy atom. The van der Waals surface area contributed by atoms with E-state index >= 15 is 0 Å². The Morgan fingerprint density at radius 1 is 1.00 bits per heavy atom. The van der Waals surface area contributed by atoms with Gasteiger partial charge in [0.25, 0.3) is 17.5 Å². The molecule has 1 aliphatic heterocycles. The van der Waals surface area contributed by atoms with Crippen LogP contribution in [0, 0.1) is 15.9 Å². The number of nitro benzene ring substituents is 1. The third-order valence-electron chi connectivity index (χ3n) is 5.93. The number of benzene rings is 3. The number of piperidine rings is 1. The quantitative estimate of drug-likeness (QED) is 0.381. The molecule has 10 heteroatoms. The molecular weight excluding hydrogens is 469 g/mol. The summed E-state index contributed by atoms with van der Waals surface area (Å²) in [5.74, 6) is -0.279. The van der Waals surface area contributed by atoms with Crippen molar-refractivity contribution in [3.8, 4) is 17.2 Å². The Hall–Kier alpha value is -4.47. The van der Waals surface area contributed by atoms with Gasteiger partial charge in [-0.1, -0.05) is 12.1 Å². The van der Waals surface area contributed by atoms with Crippen LogP contribution in [0.2, 0.25) is 0 Å². The average Bonchev–Trinajstić information content (AvgIpc) is 2.89. The summed E-state index contributed by atoms with van der Waals surface area (Å²) in [7, 11) is 1.54. The highest BCUT2D eigenvalue weighted by atomic mass is 19.1. The molecule has 0 spiro atoms. The van der Waals surface area contributed by atoms with Gasteiger partial charge in [-0.15, -0.1) is 0 Å². The van der Waals surface area contributed by atoms with Crippen molar-refractivity contribution >= 4 is 17.5 Å². The highest BCUT2D eigenvalue weighted by molar-refractivity contribution is 5.98. The van der Waals surface area contributed by atoms with E-state index in [-0.39, 0.29) is 28.6 Å². The van der Waals surface area contributed by atoms with Crippen molar-refractivity contribution in [2.24, 2.45) is 0 Å². The lowest BCUT2D eigenvalue weighted by Gasteiger charge is -2.32. The summed E-state index contributed by atoms with van der Waals surface area (Å²) >= 11 is 0. The minimum Gasteiger partial charge on any atom is -0.497 e. The molecule has 1 N–H and O–H groups in total. The van der Waals surface area contributed by atoms with Gasteiger partial charge in [-0.25, -0.2) is 4.39 Å². The number of carbonyl (C=O) groups is 2. The fraction of sp³-hybridized carbons (Fsp3) is 0.231. The maximum Gasteiger partial charge on any atom is 0.270 e. The zero-order chi connectivity index (χ0) is 25.7. The van der Waals surface area contributed by atoms with Crippen LogP contribution in [-0.4, -0.2) is 47.9 Å². The van der Waals surface area contributed by atoms with Crippen LogP contribution in [0.4, 0.5) is 10.1 Å². The van der Waals surface area contributed by atoms with E-state index in [4.69, 9.17) is 9.47 Å². The van der Waals surface area contributed by atoms with Gasteiger partial charge in [0.05, 0.1) is 23.2 Å². The van der Waals surface area contributed by atoms with E-state index in [1.165, 1.54) is 43.5 Å². The van der Waals surface area contributed by atoms with Crippen LogP contribution in [0.25, 0.3) is 0 Å². The molecule has 186 valence electrons. The molecule has 2 amide bonds. The number of rotatable bonds is 7. The lowest BCUT2D eigenvalue weighted by Crippen LogP contribution is -2.46. The number of likely N-dealkylation sites (tertiary alicyclic amines) is 1. The first kappa shape index (κ1) is 24.6. The van der Waals surface area contributed by atoms with Crippen molar-refractivity contribution in [1.82, 2.24) is 10.2 Å². The molecular formula is C26H24FN3O6. The monoisotopic (exact) mass is 493 g/mol. The molecule has 3 aromatic carbocycles. The van der Waals surface area contributed by atoms with Gasteiger partial charge in [0.15, 0.2) is 0 Å². The molecule has 36 heavy (non-hydrogen) atoms. The summed E-state index contributed by atoms with van der Waals surface area (Å²) in [5, 5.41) is 14.2. The summed E-state index contributed by atoms with van der Waals surface area (Å²) < 4.78 is 24.9. The number of nitro groups is 1. The number of hydrogen-bond donors (Lipinski definition) is 1. The molecule has 9 nitrogen and oxygen atoms in total. The summed E-state index contributed by atoms with van der Waals surface area (Å²) in [4.78, 5) is 38.0. The van der Waals surface area contributed by atoms with E-state index < -0.39 is 22.6 Å². The molecule has 4 rings (SSSR count). The maximum atomic E-state index is 14.0. The number of methoxy groups -OCH3 is 1. The van der Waals surface area contributed by atoms with Crippen molar-refractivity contribution in [1.29, 1.82) is 0 Å². The summed E-state index contributed by atoms with van der Waals surface area (Å²) in [5.41, 5.74) is -0.214. The van der Waals surface area contributed by atoms with Gasteiger partial charge < -0.3 is 19.7 Å². The molecule has 1 heterocycles. The number of hydrogen-bond acceptors (Lipinski definition) is 6. The van der Waals surface area contributed by atoms with Crippen molar-refractivity contribution in [2.75, 3.05) is 20.2 Å². The smallest absolute Gasteiger partial charge is 0.270 e. The molecule has 1 aliphatic rings. The highest BCUT2D eigenvalue weighted by Crippen LogP contribution is 2.30. The molecule has 0 radical (unpaired) electrons. The predicted molar refractivity (Wildman–Crippen MR) is 129 cm³/mol. The van der Waals surface area contributed by atoms with Gasteiger partial charge in [-0.3, -0.25) is 19.7 Å². The maximum absolute atomic E-state index is 14.0. The topological polar surface area (TPSA) is 111 Å². The number of nitrogens with one attached hydrogen (secondary N) is 1. The van der Waals surface area contributed by atoms with Crippen LogP contribution in [0.1, 0.15) is 33.6 Å². The van der Waals surface area contributed by atoms with Gasteiger partial charge in [0, 0.05) is 31.3 Å². The number of amides is 2. The van der Waals surface area contributed by atoms with Gasteiger partial charge in [0.1, 0.15) is 23.1 Å². The Labute approximate surface area is 206 Å². The number of ether oxygens (including phenoxy) is 2. The number of halogens is 1. The SMILES string of the molecule is COc1ccc(Oc2ccc([N+](=O)[O-])cc2C(=O)NC2CCN(C(=O)c3ccccc3F)CC2)cc1. The van der Waals surface area contributed by atoms with Crippen molar-refractivity contribution in [3.05, 3.63) is 93.8 Å². The second-order valence-electron chi connectivity index (χ2n) is 8.23. The first-order valence-electron chi connectivity index (χ1n) is 11.3. The van der Waals surface area contributed by atoms with Crippen molar-refractivity contribution < 1.29 is 28.4 Å². The van der Waals surface area contributed by atoms with Crippen LogP contribution in [0.15, 0.2) is 66.7 Å². The largest absolute Gasteiger partial charge is 0.497 e. The van der Waals surface area contributed by atoms with E-state index in [1.807, 2.05) is 0 Å². The zero-order valence-electron chi connectivity index (χ0n) is 19.5. The van der Waals surface area contributed by atoms with Crippen LogP contribution in [0.5, 0.6) is 17.2 Å². The second-order valence-corrected chi connectivity index (χ2v) is 8.23. The van der Waals surface area contributed by atoms with Crippen LogP contribution < -0.4 is 14.8 Å². The van der Waals surface area contributed by atoms with Gasteiger partial charge in [0.2, 0.25) is 0 Å². The number of carbonyl (C=O) groups excluding carboxylic acids is 2. The first-order chi connectivity index (χ1) is 17.4. The van der Waals surface area contributed by atoms with E-state index in [1.54, 1.807) is 35.2 Å². The predicted octanol–water partition coefficient (Wildman–Crippen LogP) is 4.57. The Morgan fingerprint density at radius 3 is 2.31 bits per heavy atom. The van der Waals surface area contributed by atoms with E-state index in [9.17, 15) is 24.1 Å². The average molecular weight is 493 g/mol. The fourth-order valence-electron chi connectivity index (χ4n) is 3.96. The number of non-ortho nitro benzene ring substituents is 1. The molecule has 0 aliphatic carbocycles. The summed E-state index contributed by atoms with van der Waals surface area (Å²) in [6, 6.07) is 16.1. The summed E-state index contributed by atoms with van der Waals surface area (Å²) in [6.45, 7) is 0.671. The van der Waals surface area contributed by atoms with E-state index in [2.05, 4.69) is 5.32 Å². The van der Waals surface area contributed by atoms with Gasteiger partial charge >= 0.3 is 0 Å². The van der Waals surface area contributed by atoms with Gasteiger partial charge in [-0.2, -0.15) is 0 Å². The molecule has 0 atom stereocenters. The first-order valence-corrected chi connectivity index (χ1v) is 11.3. The highest BCUT2D eigenvalue weighted by Gasteiger charge is 2.27. The molecule has 1 saturated heterocycles. The minimum atomic E-state index is -0.583. The molecule has 0 saturated carbocycles. The van der Waals surface area contributed by atoms with Gasteiger partial charge in [-0.05, 0) is 55.3 Å². The number of nitrogens with zero attached hydrogens (tertiary/aromatic N) is 2. The standard InChI is InChI=1S/C26H24FN3O6/c1-35-19-7-9-20(10-8-19)36-24-11-6-18(30(33)34)16-22(24)25(31)28-17-12-14-29(15-13-17)26(32)21-4-2-3-5-23(21)27/h2-11,16-17H,12-15H2,1H3,(H,28,31). The van der Waals surface area contributed by atoms with E-state index in [0.29, 0.717) is 37.4 Å². The van der Waals surface area contributed by atoms with Crippen LogP contribution in [-0.2, 0) is 0 Å². The van der Waals surface area contributed by atoms with Crippen LogP contribution >= 0.6 is 0 Å². The Bertz CT molecular complexity index is 1270. The van der Waals surface area contributed by atoms with Crippen LogP contribution in [0.3, 0.4) is 0 Å². The lowest BCUT2D eigenvalue weighted by molar-refractivity contribution is -0.384. The van der Waals surface area contributed by atoms with E-state index in [0.717, 1.165) is 0 Å². The van der Waals surface area contributed by atoms with Crippen molar-refractivity contribution in [2.45, 2.75) is 18.9 Å². The lowest BCUT2D eigenvalue weighted by atomic mass is 10.0. The third-order valence-corrected chi connectivity index (χ3v) is 5.93. The Kier molecular flexibility index (Phi) is 7.43. The fourth-order valence-corrected chi connectivity index (χ4v) is 3.96. The minimum absolute atomic E-state index is 0.0110. The molecule has 3 aromatic rings. The summed E-state index contributed by atoms with van der Waals surface area (Å²) in [6.07, 6.45) is 0.908.